The van der Waals surface area contributed by atoms with E-state index in [1.54, 1.807) is 30.3 Å². The number of hydrogen-bond donors (Lipinski definition) is 2. The zero-order valence-electron chi connectivity index (χ0n) is 8.16. The van der Waals surface area contributed by atoms with Crippen LogP contribution >= 0.6 is 0 Å². The van der Waals surface area contributed by atoms with E-state index in [-0.39, 0.29) is 0 Å². The van der Waals surface area contributed by atoms with Crippen molar-refractivity contribution in [1.82, 2.24) is 5.48 Å². The third-order valence-electron chi connectivity index (χ3n) is 2.50. The number of alkyl halides is 3. The van der Waals surface area contributed by atoms with Gasteiger partial charge in [-0.05, 0) is 5.56 Å². The Morgan fingerprint density at radius 2 is 1.94 bits per heavy atom. The fraction of sp³-hybridized carbons (Fsp3) is 0.400. The second kappa shape index (κ2) is 3.73. The van der Waals surface area contributed by atoms with Gasteiger partial charge in [-0.3, -0.25) is 4.84 Å². The standard InChI is InChI=1S/C10H10F3NO2/c11-10(12,13)9(15)6-8(14-16-9)7-4-2-1-3-5-7/h1-5,8,14-15H,6H2/t8-,9+/m1/s1. The summed E-state index contributed by atoms with van der Waals surface area (Å²) < 4.78 is 37.3. The average Bonchev–Trinajstić information content (AvgIpc) is 2.63. The summed E-state index contributed by atoms with van der Waals surface area (Å²) in [4.78, 5) is 4.25. The summed E-state index contributed by atoms with van der Waals surface area (Å²) in [5.41, 5.74) is 2.84. The molecule has 1 saturated heterocycles. The van der Waals surface area contributed by atoms with Gasteiger partial charge in [-0.25, -0.2) is 0 Å². The lowest BCUT2D eigenvalue weighted by Crippen LogP contribution is -2.45. The average molecular weight is 233 g/mol. The summed E-state index contributed by atoms with van der Waals surface area (Å²) in [6.07, 6.45) is -5.36. The molecule has 0 unspecified atom stereocenters. The quantitative estimate of drug-likeness (QED) is 0.778. The van der Waals surface area contributed by atoms with Gasteiger partial charge >= 0.3 is 6.18 Å². The first-order valence-corrected chi connectivity index (χ1v) is 4.70. The first-order valence-electron chi connectivity index (χ1n) is 4.70. The molecule has 1 aromatic carbocycles. The highest BCUT2D eigenvalue weighted by molar-refractivity contribution is 5.19. The molecule has 88 valence electrons. The van der Waals surface area contributed by atoms with Gasteiger partial charge < -0.3 is 5.11 Å². The van der Waals surface area contributed by atoms with Gasteiger partial charge in [0.1, 0.15) is 0 Å². The third-order valence-corrected chi connectivity index (χ3v) is 2.50. The monoisotopic (exact) mass is 233 g/mol. The number of benzene rings is 1. The fourth-order valence-corrected chi connectivity index (χ4v) is 1.57. The summed E-state index contributed by atoms with van der Waals surface area (Å²) >= 11 is 0. The van der Waals surface area contributed by atoms with Gasteiger partial charge in [-0.1, -0.05) is 30.3 Å². The Morgan fingerprint density at radius 3 is 2.44 bits per heavy atom. The van der Waals surface area contributed by atoms with Crippen LogP contribution in [0.3, 0.4) is 0 Å². The molecule has 1 aliphatic heterocycles. The van der Waals surface area contributed by atoms with E-state index in [2.05, 4.69) is 10.3 Å². The smallest absolute Gasteiger partial charge is 0.357 e. The molecule has 1 aliphatic rings. The lowest BCUT2D eigenvalue weighted by Gasteiger charge is -2.22. The van der Waals surface area contributed by atoms with Crippen molar-refractivity contribution in [3.05, 3.63) is 35.9 Å². The minimum atomic E-state index is -4.80. The van der Waals surface area contributed by atoms with Crippen molar-refractivity contribution in [2.45, 2.75) is 24.4 Å². The van der Waals surface area contributed by atoms with Crippen LogP contribution in [0, 0.1) is 0 Å². The summed E-state index contributed by atoms with van der Waals surface area (Å²) in [5.74, 6) is -3.10. The molecule has 0 amide bonds. The van der Waals surface area contributed by atoms with Crippen LogP contribution in [0.15, 0.2) is 30.3 Å². The zero-order valence-corrected chi connectivity index (χ0v) is 8.16. The Bertz CT molecular complexity index is 368. The maximum atomic E-state index is 12.4. The van der Waals surface area contributed by atoms with Crippen LogP contribution < -0.4 is 5.48 Å². The van der Waals surface area contributed by atoms with E-state index in [1.165, 1.54) is 0 Å². The van der Waals surface area contributed by atoms with Gasteiger partial charge in [0.2, 0.25) is 0 Å². The topological polar surface area (TPSA) is 41.5 Å². The largest absolute Gasteiger partial charge is 0.444 e. The molecule has 3 nitrogen and oxygen atoms in total. The van der Waals surface area contributed by atoms with Crippen LogP contribution in [-0.4, -0.2) is 17.1 Å². The second-order valence-electron chi connectivity index (χ2n) is 3.67. The Balaban J connectivity index is 2.15. The molecule has 2 N–H and O–H groups in total. The Hall–Kier alpha value is -1.11. The van der Waals surface area contributed by atoms with Crippen molar-refractivity contribution in [3.63, 3.8) is 0 Å². The zero-order chi connectivity index (χ0) is 11.8. The highest BCUT2D eigenvalue weighted by Gasteiger charge is 2.60. The summed E-state index contributed by atoms with van der Waals surface area (Å²) in [6.45, 7) is 0. The van der Waals surface area contributed by atoms with Gasteiger partial charge in [0.15, 0.2) is 0 Å². The maximum Gasteiger partial charge on any atom is 0.444 e. The third kappa shape index (κ3) is 1.91. The van der Waals surface area contributed by atoms with Gasteiger partial charge in [-0.15, -0.1) is 0 Å². The van der Waals surface area contributed by atoms with Gasteiger partial charge in [0, 0.05) is 6.42 Å². The first-order chi connectivity index (χ1) is 7.42. The number of hydroxylamine groups is 1. The molecule has 0 aromatic heterocycles. The first kappa shape index (κ1) is 11.4. The van der Waals surface area contributed by atoms with Crippen molar-refractivity contribution in [1.29, 1.82) is 0 Å². The molecule has 1 aromatic rings. The van der Waals surface area contributed by atoms with Gasteiger partial charge in [0.05, 0.1) is 6.04 Å². The summed E-state index contributed by atoms with van der Waals surface area (Å²) in [7, 11) is 0. The molecule has 0 radical (unpaired) electrons. The van der Waals surface area contributed by atoms with Crippen molar-refractivity contribution in [2.24, 2.45) is 0 Å². The lowest BCUT2D eigenvalue weighted by atomic mass is 10.0. The van der Waals surface area contributed by atoms with Crippen molar-refractivity contribution < 1.29 is 23.1 Å². The van der Waals surface area contributed by atoms with Gasteiger partial charge in [-0.2, -0.15) is 18.7 Å². The van der Waals surface area contributed by atoms with E-state index in [0.717, 1.165) is 0 Å². The summed E-state index contributed by atoms with van der Waals surface area (Å²) in [5, 5.41) is 9.25. The lowest BCUT2D eigenvalue weighted by molar-refractivity contribution is -0.361. The number of hydrogen-bond acceptors (Lipinski definition) is 3. The van der Waals surface area contributed by atoms with Crippen molar-refractivity contribution >= 4 is 0 Å². The Labute approximate surface area is 89.8 Å². The number of nitrogens with one attached hydrogen (secondary N) is 1. The van der Waals surface area contributed by atoms with Crippen LogP contribution in [0.1, 0.15) is 18.0 Å². The van der Waals surface area contributed by atoms with Crippen LogP contribution in [0.25, 0.3) is 0 Å². The molecule has 16 heavy (non-hydrogen) atoms. The minimum absolute atomic E-state index is 0.555. The molecular weight excluding hydrogens is 223 g/mol. The van der Waals surface area contributed by atoms with E-state index in [4.69, 9.17) is 0 Å². The number of rotatable bonds is 1. The van der Waals surface area contributed by atoms with Gasteiger partial charge in [0.25, 0.3) is 5.79 Å². The van der Waals surface area contributed by atoms with Crippen LogP contribution in [0.5, 0.6) is 0 Å². The summed E-state index contributed by atoms with van der Waals surface area (Å²) in [6, 6.07) is 7.86. The molecule has 2 atom stereocenters. The molecule has 0 saturated carbocycles. The molecule has 0 spiro atoms. The van der Waals surface area contributed by atoms with Crippen molar-refractivity contribution in [3.8, 4) is 0 Å². The molecular formula is C10H10F3NO2. The fourth-order valence-electron chi connectivity index (χ4n) is 1.57. The molecule has 2 rings (SSSR count). The van der Waals surface area contributed by atoms with E-state index in [9.17, 15) is 18.3 Å². The molecule has 6 heteroatoms. The van der Waals surface area contributed by atoms with E-state index in [0.29, 0.717) is 5.56 Å². The number of halogens is 3. The molecule has 1 heterocycles. The second-order valence-corrected chi connectivity index (χ2v) is 3.67. The highest BCUT2D eigenvalue weighted by atomic mass is 19.4. The van der Waals surface area contributed by atoms with Crippen LogP contribution in [0.4, 0.5) is 13.2 Å². The maximum absolute atomic E-state index is 12.4. The molecule has 1 fully saturated rings. The Kier molecular flexibility index (Phi) is 2.65. The SMILES string of the molecule is O[C@@]1(C(F)(F)F)C[C@H](c2ccccc2)NO1. The number of aliphatic hydroxyl groups is 1. The normalized spacial score (nSPS) is 30.6. The highest BCUT2D eigenvalue weighted by Crippen LogP contribution is 2.41. The molecule has 0 bridgehead atoms. The van der Waals surface area contributed by atoms with E-state index >= 15 is 0 Å². The van der Waals surface area contributed by atoms with Crippen LogP contribution in [-0.2, 0) is 4.84 Å². The predicted molar refractivity (Wildman–Crippen MR) is 49.0 cm³/mol. The Morgan fingerprint density at radius 1 is 1.31 bits per heavy atom. The van der Waals surface area contributed by atoms with E-state index in [1.807, 2.05) is 0 Å². The predicted octanol–water partition coefficient (Wildman–Crippen LogP) is 1.90. The van der Waals surface area contributed by atoms with Crippen molar-refractivity contribution in [2.75, 3.05) is 0 Å². The van der Waals surface area contributed by atoms with Crippen LogP contribution in [0.2, 0.25) is 0 Å². The molecule has 0 aliphatic carbocycles. The minimum Gasteiger partial charge on any atom is -0.357 e. The van der Waals surface area contributed by atoms with E-state index < -0.39 is 24.4 Å².